The Kier molecular flexibility index (Phi) is 2.91. The highest BCUT2D eigenvalue weighted by molar-refractivity contribution is 5.94. The van der Waals surface area contributed by atoms with E-state index < -0.39 is 5.91 Å². The van der Waals surface area contributed by atoms with Crippen molar-refractivity contribution >= 4 is 11.7 Å². The van der Waals surface area contributed by atoms with Gasteiger partial charge in [0.05, 0.1) is 11.3 Å². The van der Waals surface area contributed by atoms with Gasteiger partial charge >= 0.3 is 17.4 Å². The van der Waals surface area contributed by atoms with Crippen molar-refractivity contribution in [3.63, 3.8) is 0 Å². The van der Waals surface area contributed by atoms with E-state index in [0.717, 1.165) is 12.8 Å². The molecule has 3 N–H and O–H groups in total. The van der Waals surface area contributed by atoms with Gasteiger partial charge < -0.3 is 21.0 Å². The fraction of sp³-hybridized carbons (Fsp3) is 0.625. The smallest absolute Gasteiger partial charge is 0.318 e. The van der Waals surface area contributed by atoms with Crippen molar-refractivity contribution in [1.29, 1.82) is 0 Å². The number of nitrogens with two attached hydrogens (primary N) is 1. The van der Waals surface area contributed by atoms with Gasteiger partial charge in [-0.3, -0.25) is 9.42 Å². The first-order valence-corrected chi connectivity index (χ1v) is 4.93. The number of nitrogens with one attached hydrogen (secondary N) is 1. The number of rotatable bonds is 3. The van der Waals surface area contributed by atoms with E-state index in [1.807, 2.05) is 0 Å². The maximum absolute atomic E-state index is 11.5. The minimum absolute atomic E-state index is 0.00476. The second kappa shape index (κ2) is 4.35. The summed E-state index contributed by atoms with van der Waals surface area (Å²) in [5.74, 6) is -0.830. The predicted octanol–water partition coefficient (Wildman–Crippen LogP) is -1.20. The number of hydrogen-bond donors (Lipinski definition) is 2. The summed E-state index contributed by atoms with van der Waals surface area (Å²) in [7, 11) is 0. The van der Waals surface area contributed by atoms with Gasteiger partial charge in [0.1, 0.15) is 0 Å². The molecule has 88 valence electrons. The molecule has 1 aliphatic rings. The summed E-state index contributed by atoms with van der Waals surface area (Å²) in [6.45, 7) is 1.06. The lowest BCUT2D eigenvalue weighted by molar-refractivity contribution is -0.803. The highest BCUT2D eigenvalue weighted by Gasteiger charge is 2.25. The van der Waals surface area contributed by atoms with Gasteiger partial charge in [0, 0.05) is 13.2 Å². The monoisotopic (exact) mass is 228 g/mol. The molecule has 1 saturated heterocycles. The Morgan fingerprint density at radius 3 is 3.12 bits per heavy atom. The molecule has 1 fully saturated rings. The van der Waals surface area contributed by atoms with Crippen LogP contribution in [0, 0.1) is 5.21 Å². The first kappa shape index (κ1) is 10.7. The Morgan fingerprint density at radius 2 is 2.56 bits per heavy atom. The fourth-order valence-electron chi connectivity index (χ4n) is 1.55. The molecular formula is C8H12N4O4. The standard InChI is InChI=1S/C8H12N4O4/c9-7-6(12(14)16-11-7)8(13)10-4-5-2-1-3-15-5/h5H,1-4H2,(H2,9,11)(H,10,13)/t5-/m1/s1. The SMILES string of the molecule is Nc1no[n+]([O-])c1C(=O)NC[C@H]1CCCO1. The van der Waals surface area contributed by atoms with Gasteiger partial charge in [-0.25, -0.2) is 0 Å². The number of carbonyl (C=O) groups excluding carboxylic acids is 1. The van der Waals surface area contributed by atoms with Crippen molar-refractivity contribution in [2.24, 2.45) is 0 Å². The van der Waals surface area contributed by atoms with Crippen LogP contribution >= 0.6 is 0 Å². The average molecular weight is 228 g/mol. The molecule has 0 aliphatic carbocycles. The predicted molar refractivity (Wildman–Crippen MR) is 51.2 cm³/mol. The normalized spacial score (nSPS) is 19.9. The lowest BCUT2D eigenvalue weighted by atomic mass is 10.2. The second-order valence-corrected chi connectivity index (χ2v) is 3.51. The molecule has 2 heterocycles. The zero-order valence-electron chi connectivity index (χ0n) is 8.51. The van der Waals surface area contributed by atoms with E-state index >= 15 is 0 Å². The molecule has 2 rings (SSSR count). The largest absolute Gasteiger partial charge is 0.376 e. The summed E-state index contributed by atoms with van der Waals surface area (Å²) >= 11 is 0. The van der Waals surface area contributed by atoms with Gasteiger partial charge in [-0.05, 0) is 17.7 Å². The van der Waals surface area contributed by atoms with Crippen LogP contribution in [0.5, 0.6) is 0 Å². The van der Waals surface area contributed by atoms with Crippen LogP contribution in [-0.2, 0) is 4.74 Å². The summed E-state index contributed by atoms with van der Waals surface area (Å²) in [5, 5.41) is 16.7. The van der Waals surface area contributed by atoms with Gasteiger partial charge in [-0.2, -0.15) is 0 Å². The molecule has 0 spiro atoms. The molecule has 1 aromatic heterocycles. The molecule has 0 saturated carbocycles. The molecular weight excluding hydrogens is 216 g/mol. The third kappa shape index (κ3) is 2.06. The topological polar surface area (TPSA) is 117 Å². The summed E-state index contributed by atoms with van der Waals surface area (Å²) < 4.78 is 9.49. The number of nitrogen functional groups attached to an aromatic ring is 1. The highest BCUT2D eigenvalue weighted by Crippen LogP contribution is 2.11. The minimum atomic E-state index is -0.607. The molecule has 0 bridgehead atoms. The van der Waals surface area contributed by atoms with Crippen molar-refractivity contribution in [2.75, 3.05) is 18.9 Å². The summed E-state index contributed by atoms with van der Waals surface area (Å²) in [6.07, 6.45) is 1.89. The van der Waals surface area contributed by atoms with E-state index in [0.29, 0.717) is 13.2 Å². The first-order valence-electron chi connectivity index (χ1n) is 4.93. The lowest BCUT2D eigenvalue weighted by Gasteiger charge is -2.09. The van der Waals surface area contributed by atoms with Crippen LogP contribution in [0.3, 0.4) is 0 Å². The van der Waals surface area contributed by atoms with Gasteiger partial charge in [0.2, 0.25) is 0 Å². The Bertz CT molecular complexity index is 366. The summed E-state index contributed by atoms with van der Waals surface area (Å²) in [4.78, 5) is 11.5. The minimum Gasteiger partial charge on any atom is -0.376 e. The van der Waals surface area contributed by atoms with E-state index in [2.05, 4.69) is 15.1 Å². The molecule has 0 radical (unpaired) electrons. The van der Waals surface area contributed by atoms with Crippen molar-refractivity contribution in [2.45, 2.75) is 18.9 Å². The third-order valence-corrected chi connectivity index (χ3v) is 2.37. The van der Waals surface area contributed by atoms with Crippen LogP contribution in [-0.4, -0.2) is 30.3 Å². The van der Waals surface area contributed by atoms with Crippen LogP contribution in [0.2, 0.25) is 0 Å². The van der Waals surface area contributed by atoms with Crippen LogP contribution in [0.25, 0.3) is 0 Å². The molecule has 1 aliphatic heterocycles. The first-order chi connectivity index (χ1) is 7.68. The fourth-order valence-corrected chi connectivity index (χ4v) is 1.55. The number of carbonyl (C=O) groups is 1. The Morgan fingerprint density at radius 1 is 1.75 bits per heavy atom. The van der Waals surface area contributed by atoms with Crippen molar-refractivity contribution in [3.05, 3.63) is 10.9 Å². The number of anilines is 1. The molecule has 0 aromatic carbocycles. The maximum Gasteiger partial charge on any atom is 0.318 e. The third-order valence-electron chi connectivity index (χ3n) is 2.37. The summed E-state index contributed by atoms with van der Waals surface area (Å²) in [6, 6.07) is 0. The van der Waals surface area contributed by atoms with Gasteiger partial charge in [0.25, 0.3) is 0 Å². The van der Waals surface area contributed by atoms with Crippen LogP contribution in [0.15, 0.2) is 4.63 Å². The van der Waals surface area contributed by atoms with Gasteiger partial charge in [-0.15, -0.1) is 0 Å². The zero-order valence-corrected chi connectivity index (χ0v) is 8.51. The molecule has 1 aromatic rings. The number of aromatic nitrogens is 2. The second-order valence-electron chi connectivity index (χ2n) is 3.51. The average Bonchev–Trinajstić information content (AvgIpc) is 2.86. The van der Waals surface area contributed by atoms with Crippen LogP contribution in [0.4, 0.5) is 5.82 Å². The van der Waals surface area contributed by atoms with E-state index in [1.165, 1.54) is 0 Å². The quantitative estimate of drug-likeness (QED) is 0.627. The van der Waals surface area contributed by atoms with Gasteiger partial charge in [0.15, 0.2) is 0 Å². The maximum atomic E-state index is 11.5. The molecule has 0 unspecified atom stereocenters. The number of hydrogen-bond acceptors (Lipinski definition) is 6. The van der Waals surface area contributed by atoms with Crippen molar-refractivity contribution in [3.8, 4) is 0 Å². The Labute approximate surface area is 90.9 Å². The van der Waals surface area contributed by atoms with Crippen LogP contribution < -0.4 is 16.0 Å². The lowest BCUT2D eigenvalue weighted by Crippen LogP contribution is -2.40. The Balaban J connectivity index is 1.92. The molecule has 16 heavy (non-hydrogen) atoms. The highest BCUT2D eigenvalue weighted by atomic mass is 16.8. The zero-order chi connectivity index (χ0) is 11.5. The van der Waals surface area contributed by atoms with Crippen LogP contribution in [0.1, 0.15) is 23.3 Å². The van der Waals surface area contributed by atoms with E-state index in [1.54, 1.807) is 0 Å². The van der Waals surface area contributed by atoms with Gasteiger partial charge in [-0.1, -0.05) is 0 Å². The molecule has 1 amide bonds. The number of amides is 1. The Hall–Kier alpha value is -1.83. The van der Waals surface area contributed by atoms with E-state index in [4.69, 9.17) is 10.5 Å². The molecule has 8 heteroatoms. The summed E-state index contributed by atoms with van der Waals surface area (Å²) in [5.41, 5.74) is 4.99. The van der Waals surface area contributed by atoms with E-state index in [-0.39, 0.29) is 22.5 Å². The van der Waals surface area contributed by atoms with E-state index in [9.17, 15) is 10.0 Å². The van der Waals surface area contributed by atoms with Crippen molar-refractivity contribution < 1.29 is 19.1 Å². The van der Waals surface area contributed by atoms with Crippen molar-refractivity contribution in [1.82, 2.24) is 10.5 Å². The number of nitrogens with zero attached hydrogens (tertiary/aromatic N) is 2. The molecule has 8 nitrogen and oxygen atoms in total. The molecule has 1 atom stereocenters. The number of ether oxygens (including phenoxy) is 1.